The van der Waals surface area contributed by atoms with Crippen LogP contribution >= 0.6 is 0 Å². The first-order valence-corrected chi connectivity index (χ1v) is 15.4. The fraction of sp³-hybridized carbons (Fsp3) is 0.375. The number of rotatable bonds is 11. The second kappa shape index (κ2) is 15.2. The number of allylic oxidation sites excluding steroid dienone is 8. The van der Waals surface area contributed by atoms with Crippen LogP contribution < -0.4 is 0 Å². The van der Waals surface area contributed by atoms with Crippen molar-refractivity contribution in [1.82, 2.24) is 0 Å². The van der Waals surface area contributed by atoms with Gasteiger partial charge in [0.2, 0.25) is 0 Å². The van der Waals surface area contributed by atoms with Crippen LogP contribution in [0.3, 0.4) is 0 Å². The second-order valence-corrected chi connectivity index (χ2v) is 12.6. The van der Waals surface area contributed by atoms with Gasteiger partial charge in [0.25, 0.3) is 0 Å². The molecule has 1 heteroatoms. The van der Waals surface area contributed by atoms with Crippen molar-refractivity contribution in [2.24, 2.45) is 0 Å². The van der Waals surface area contributed by atoms with Crippen LogP contribution in [0.2, 0.25) is 0 Å². The van der Waals surface area contributed by atoms with E-state index in [9.17, 15) is 0 Å². The molecule has 33 heavy (non-hydrogen) atoms. The molecule has 0 saturated heterocycles. The molecule has 0 radical (unpaired) electrons. The van der Waals surface area contributed by atoms with Crippen molar-refractivity contribution < 1.29 is 23.2 Å². The largest absolute Gasteiger partial charge is 0.0622 e. The molecule has 0 atom stereocenters. The molecule has 0 nitrogen and oxygen atoms in total. The third-order valence-corrected chi connectivity index (χ3v) is 10.4. The molecule has 0 spiro atoms. The minimum Gasteiger partial charge on any atom is -0.0622 e. The fourth-order valence-electron chi connectivity index (χ4n) is 4.33. The number of hydrogen-bond donors (Lipinski definition) is 0. The minimum atomic E-state index is -0.463. The monoisotopic (exact) mass is 514 g/mol. The fourth-order valence-corrected chi connectivity index (χ4v) is 8.12. The van der Waals surface area contributed by atoms with Crippen molar-refractivity contribution in [2.75, 3.05) is 0 Å². The van der Waals surface area contributed by atoms with E-state index < -0.39 is 23.2 Å². The summed E-state index contributed by atoms with van der Waals surface area (Å²) in [4.78, 5) is 0. The molecular formula is C32H40Zr. The quantitative estimate of drug-likeness (QED) is 0.280. The summed E-state index contributed by atoms with van der Waals surface area (Å²) in [5.74, 6) is 0. The zero-order valence-electron chi connectivity index (χ0n) is 20.7. The Labute approximate surface area is 214 Å². The maximum atomic E-state index is 2.42. The molecular weight excluding hydrogens is 476 g/mol. The molecule has 2 aromatic rings. The molecule has 0 saturated carbocycles. The molecule has 0 unspecified atom stereocenters. The van der Waals surface area contributed by atoms with Crippen molar-refractivity contribution in [3.8, 4) is 0 Å². The number of benzene rings is 2. The van der Waals surface area contributed by atoms with Crippen LogP contribution in [-0.2, 0) is 36.1 Å². The molecule has 0 heterocycles. The molecule has 0 amide bonds. The van der Waals surface area contributed by atoms with Crippen molar-refractivity contribution in [3.05, 3.63) is 114 Å². The van der Waals surface area contributed by atoms with Gasteiger partial charge in [-0.2, -0.15) is 0 Å². The summed E-state index contributed by atoms with van der Waals surface area (Å²) >= 11 is -0.463. The van der Waals surface area contributed by atoms with E-state index in [1.807, 2.05) is 6.56 Å². The van der Waals surface area contributed by atoms with E-state index in [0.717, 1.165) is 12.8 Å². The average Bonchev–Trinajstić information content (AvgIpc) is 3.51. The van der Waals surface area contributed by atoms with Crippen molar-refractivity contribution >= 4 is 0 Å². The molecule has 2 aromatic carbocycles. The molecule has 2 aliphatic carbocycles. The SMILES string of the molecule is CCCCC1=[C]([Zr][C]2=C(CCCC)C=CC2)CC=C1.c1ccc(CCc2ccccc2)cc1. The second-order valence-electron chi connectivity index (χ2n) is 9.02. The Morgan fingerprint density at radius 3 is 1.39 bits per heavy atom. The van der Waals surface area contributed by atoms with Gasteiger partial charge in [-0.25, -0.2) is 0 Å². The molecule has 0 N–H and O–H groups in total. The number of unbranched alkanes of at least 4 members (excludes halogenated alkanes) is 2. The maximum Gasteiger partial charge on any atom is -0.0238 e. The number of hydrogen-bond acceptors (Lipinski definition) is 0. The standard InChI is InChI=1S/C14H14.2C9H13.Zr/c1-3-7-13(8-4-1)11-12-14-9-5-2-6-10-14;2*1-2-3-6-9-7-4-5-8-9;/h1-10H,11-12H2;2*4,7H,2-3,5-6H2,1H3;. The maximum absolute atomic E-state index is 2.42. The molecule has 4 rings (SSSR count). The third-order valence-electron chi connectivity index (χ3n) is 6.35. The van der Waals surface area contributed by atoms with Gasteiger partial charge in [0.05, 0.1) is 0 Å². The molecule has 172 valence electrons. The normalized spacial score (nSPS) is 14.6. The van der Waals surface area contributed by atoms with Gasteiger partial charge >= 0.3 is 130 Å². The van der Waals surface area contributed by atoms with Crippen LogP contribution in [0.4, 0.5) is 0 Å². The summed E-state index contributed by atoms with van der Waals surface area (Å²) in [6.45, 7) is 4.59. The molecule has 0 bridgehead atoms. The van der Waals surface area contributed by atoms with Gasteiger partial charge in [0, 0.05) is 0 Å². The van der Waals surface area contributed by atoms with Crippen molar-refractivity contribution in [1.29, 1.82) is 0 Å². The van der Waals surface area contributed by atoms with Crippen molar-refractivity contribution in [2.45, 2.75) is 78.1 Å². The molecule has 2 aliphatic rings. The van der Waals surface area contributed by atoms with Crippen LogP contribution in [0.15, 0.2) is 103 Å². The predicted molar refractivity (Wildman–Crippen MR) is 141 cm³/mol. The molecule has 0 fully saturated rings. The Balaban J connectivity index is 0.000000194. The van der Waals surface area contributed by atoms with Gasteiger partial charge < -0.3 is 0 Å². The van der Waals surface area contributed by atoms with Crippen LogP contribution in [0.5, 0.6) is 0 Å². The average molecular weight is 516 g/mol. The first-order chi connectivity index (χ1) is 16.3. The van der Waals surface area contributed by atoms with Gasteiger partial charge in [0.15, 0.2) is 0 Å². The van der Waals surface area contributed by atoms with E-state index in [4.69, 9.17) is 0 Å². The Hall–Kier alpha value is -1.72. The third kappa shape index (κ3) is 9.21. The van der Waals surface area contributed by atoms with Gasteiger partial charge in [-0.1, -0.05) is 60.7 Å². The van der Waals surface area contributed by atoms with Crippen LogP contribution in [0.1, 0.15) is 76.3 Å². The summed E-state index contributed by atoms with van der Waals surface area (Å²) in [6, 6.07) is 21.2. The predicted octanol–water partition coefficient (Wildman–Crippen LogP) is 9.35. The van der Waals surface area contributed by atoms with Crippen LogP contribution in [0, 0.1) is 0 Å². The smallest absolute Gasteiger partial charge is 0.0238 e. The number of aryl methyl sites for hydroxylation is 2. The first kappa shape index (κ1) is 25.9. The molecule has 0 aromatic heterocycles. The zero-order valence-corrected chi connectivity index (χ0v) is 23.1. The van der Waals surface area contributed by atoms with Gasteiger partial charge in [0.1, 0.15) is 0 Å². The van der Waals surface area contributed by atoms with E-state index in [1.165, 1.54) is 62.5 Å². The first-order valence-electron chi connectivity index (χ1n) is 12.9. The van der Waals surface area contributed by atoms with E-state index in [1.54, 1.807) is 11.1 Å². The topological polar surface area (TPSA) is 0 Å². The van der Waals surface area contributed by atoms with Gasteiger partial charge in [-0.15, -0.1) is 0 Å². The zero-order chi connectivity index (χ0) is 23.1. The Bertz CT molecular complexity index is 865. The van der Waals surface area contributed by atoms with E-state index in [2.05, 4.69) is 98.8 Å². The van der Waals surface area contributed by atoms with E-state index in [0.29, 0.717) is 0 Å². The Morgan fingerprint density at radius 1 is 0.576 bits per heavy atom. The van der Waals surface area contributed by atoms with Crippen molar-refractivity contribution in [3.63, 3.8) is 0 Å². The summed E-state index contributed by atoms with van der Waals surface area (Å²) in [6.07, 6.45) is 22.5. The summed E-state index contributed by atoms with van der Waals surface area (Å²) in [7, 11) is 0. The summed E-state index contributed by atoms with van der Waals surface area (Å²) in [5.41, 5.74) is 6.25. The van der Waals surface area contributed by atoms with Gasteiger partial charge in [-0.3, -0.25) is 0 Å². The van der Waals surface area contributed by atoms with E-state index in [-0.39, 0.29) is 0 Å². The summed E-state index contributed by atoms with van der Waals surface area (Å²) in [5, 5.41) is 0. The minimum absolute atomic E-state index is 0.463. The van der Waals surface area contributed by atoms with Crippen LogP contribution in [0.25, 0.3) is 0 Å². The Morgan fingerprint density at radius 2 is 1.00 bits per heavy atom. The Kier molecular flexibility index (Phi) is 12.0. The summed E-state index contributed by atoms with van der Waals surface area (Å²) < 4.78 is 3.73. The molecule has 0 aliphatic heterocycles. The van der Waals surface area contributed by atoms with Gasteiger partial charge in [-0.05, 0) is 24.0 Å². The van der Waals surface area contributed by atoms with E-state index >= 15 is 0 Å². The van der Waals surface area contributed by atoms with Crippen LogP contribution in [-0.4, -0.2) is 0 Å².